The lowest BCUT2D eigenvalue weighted by Crippen LogP contribution is -2.28. The fourth-order valence-electron chi connectivity index (χ4n) is 2.51. The molecule has 3 aromatic rings. The maximum atomic E-state index is 12.1. The third-order valence-corrected chi connectivity index (χ3v) is 3.83. The van der Waals surface area contributed by atoms with Crippen molar-refractivity contribution in [2.45, 2.75) is 13.1 Å². The average Bonchev–Trinajstić information content (AvgIpc) is 3.14. The van der Waals surface area contributed by atoms with Crippen LogP contribution in [-0.2, 0) is 13.1 Å². The van der Waals surface area contributed by atoms with Crippen molar-refractivity contribution in [3.8, 4) is 0 Å². The van der Waals surface area contributed by atoms with Crippen LogP contribution in [0.2, 0.25) is 0 Å². The van der Waals surface area contributed by atoms with E-state index < -0.39 is 0 Å². The normalized spacial score (nSPS) is 10.4. The van der Waals surface area contributed by atoms with Gasteiger partial charge in [0.05, 0.1) is 18.2 Å². The fourth-order valence-corrected chi connectivity index (χ4v) is 2.51. The van der Waals surface area contributed by atoms with Gasteiger partial charge in [-0.25, -0.2) is 14.8 Å². The van der Waals surface area contributed by atoms with Gasteiger partial charge in [-0.15, -0.1) is 0 Å². The molecule has 134 valence electrons. The van der Waals surface area contributed by atoms with Crippen LogP contribution < -0.4 is 15.5 Å². The topological polar surface area (TPSA) is 75.1 Å². The fraction of sp³-hybridized carbons (Fsp3) is 0.211. The molecular weight excluding hydrogens is 328 g/mol. The van der Waals surface area contributed by atoms with E-state index in [4.69, 9.17) is 0 Å². The van der Waals surface area contributed by atoms with Gasteiger partial charge in [0.1, 0.15) is 5.82 Å². The van der Waals surface area contributed by atoms with Gasteiger partial charge in [0.15, 0.2) is 0 Å². The SMILES string of the molecule is CN(C)c1ccc(NC(=O)NCc2cccc(Cn3ccnc3)c2)cn1. The molecule has 0 aliphatic heterocycles. The number of urea groups is 1. The lowest BCUT2D eigenvalue weighted by Gasteiger charge is -2.12. The summed E-state index contributed by atoms with van der Waals surface area (Å²) in [6.45, 7) is 1.21. The van der Waals surface area contributed by atoms with Gasteiger partial charge in [-0.2, -0.15) is 0 Å². The first-order valence-electron chi connectivity index (χ1n) is 8.32. The molecule has 0 saturated heterocycles. The number of nitrogens with zero attached hydrogens (tertiary/aromatic N) is 4. The molecule has 26 heavy (non-hydrogen) atoms. The van der Waals surface area contributed by atoms with E-state index in [0.29, 0.717) is 12.2 Å². The molecule has 0 radical (unpaired) electrons. The Morgan fingerprint density at radius 3 is 2.73 bits per heavy atom. The van der Waals surface area contributed by atoms with Gasteiger partial charge in [0.25, 0.3) is 0 Å². The molecule has 2 aromatic heterocycles. The van der Waals surface area contributed by atoms with Gasteiger partial charge in [0.2, 0.25) is 0 Å². The molecule has 7 heteroatoms. The van der Waals surface area contributed by atoms with E-state index in [-0.39, 0.29) is 6.03 Å². The number of anilines is 2. The molecule has 0 saturated carbocycles. The largest absolute Gasteiger partial charge is 0.363 e. The van der Waals surface area contributed by atoms with Gasteiger partial charge in [0, 0.05) is 39.6 Å². The zero-order chi connectivity index (χ0) is 18.4. The monoisotopic (exact) mass is 350 g/mol. The molecule has 2 N–H and O–H groups in total. The van der Waals surface area contributed by atoms with Crippen molar-refractivity contribution < 1.29 is 4.79 Å². The van der Waals surface area contributed by atoms with Crippen molar-refractivity contribution in [3.63, 3.8) is 0 Å². The number of benzene rings is 1. The molecule has 0 fully saturated rings. The molecule has 0 atom stereocenters. The van der Waals surface area contributed by atoms with Crippen molar-refractivity contribution in [1.82, 2.24) is 19.9 Å². The van der Waals surface area contributed by atoms with E-state index in [2.05, 4.69) is 32.7 Å². The average molecular weight is 350 g/mol. The van der Waals surface area contributed by atoms with E-state index >= 15 is 0 Å². The molecule has 2 amide bonds. The standard InChI is InChI=1S/C19H22N6O/c1-24(2)18-7-6-17(12-21-18)23-19(26)22-11-15-4-3-5-16(10-15)13-25-9-8-20-14-25/h3-10,12,14H,11,13H2,1-2H3,(H2,22,23,26). The van der Waals surface area contributed by atoms with E-state index in [0.717, 1.165) is 23.5 Å². The summed E-state index contributed by atoms with van der Waals surface area (Å²) < 4.78 is 2.00. The van der Waals surface area contributed by atoms with Crippen LogP contribution in [0.1, 0.15) is 11.1 Å². The van der Waals surface area contributed by atoms with Gasteiger partial charge >= 0.3 is 6.03 Å². The van der Waals surface area contributed by atoms with Crippen molar-refractivity contribution >= 4 is 17.5 Å². The minimum absolute atomic E-state index is 0.260. The molecule has 1 aromatic carbocycles. The minimum atomic E-state index is -0.260. The zero-order valence-corrected chi connectivity index (χ0v) is 14.9. The highest BCUT2D eigenvalue weighted by Crippen LogP contribution is 2.12. The Bertz CT molecular complexity index is 843. The van der Waals surface area contributed by atoms with Crippen molar-refractivity contribution in [2.24, 2.45) is 0 Å². The molecule has 0 unspecified atom stereocenters. The Morgan fingerprint density at radius 2 is 2.04 bits per heavy atom. The first-order valence-corrected chi connectivity index (χ1v) is 8.32. The maximum absolute atomic E-state index is 12.1. The number of rotatable bonds is 6. The summed E-state index contributed by atoms with van der Waals surface area (Å²) in [5, 5.41) is 5.65. The van der Waals surface area contributed by atoms with E-state index in [1.807, 2.05) is 54.0 Å². The summed E-state index contributed by atoms with van der Waals surface area (Å²) in [6, 6.07) is 11.5. The predicted molar refractivity (Wildman–Crippen MR) is 102 cm³/mol. The zero-order valence-electron chi connectivity index (χ0n) is 14.9. The Kier molecular flexibility index (Phi) is 5.48. The molecule has 2 heterocycles. The second-order valence-corrected chi connectivity index (χ2v) is 6.16. The van der Waals surface area contributed by atoms with Gasteiger partial charge in [-0.1, -0.05) is 24.3 Å². The maximum Gasteiger partial charge on any atom is 0.319 e. The highest BCUT2D eigenvalue weighted by atomic mass is 16.2. The molecule has 0 aliphatic carbocycles. The molecule has 0 spiro atoms. The second-order valence-electron chi connectivity index (χ2n) is 6.16. The molecule has 0 aliphatic rings. The second kappa shape index (κ2) is 8.15. The van der Waals surface area contributed by atoms with E-state index in [9.17, 15) is 4.79 Å². The number of pyridine rings is 1. The Hall–Kier alpha value is -3.35. The summed E-state index contributed by atoms with van der Waals surface area (Å²) in [5.74, 6) is 0.839. The third kappa shape index (κ3) is 4.83. The number of amides is 2. The van der Waals surface area contributed by atoms with Crippen molar-refractivity contribution in [2.75, 3.05) is 24.3 Å². The highest BCUT2D eigenvalue weighted by Gasteiger charge is 2.04. The first-order chi connectivity index (χ1) is 12.6. The summed E-state index contributed by atoms with van der Waals surface area (Å²) in [5.41, 5.74) is 2.85. The number of hydrogen-bond acceptors (Lipinski definition) is 4. The molecule has 7 nitrogen and oxygen atoms in total. The Balaban J connectivity index is 1.52. The first kappa shape index (κ1) is 17.5. The number of hydrogen-bond donors (Lipinski definition) is 2. The number of carbonyl (C=O) groups is 1. The summed E-state index contributed by atoms with van der Waals surface area (Å²) in [7, 11) is 3.84. The third-order valence-electron chi connectivity index (χ3n) is 3.83. The summed E-state index contributed by atoms with van der Waals surface area (Å²) in [6.07, 6.45) is 7.11. The van der Waals surface area contributed by atoms with Crippen LogP contribution in [0.4, 0.5) is 16.3 Å². The van der Waals surface area contributed by atoms with Crippen LogP contribution in [0.5, 0.6) is 0 Å². The number of aromatic nitrogens is 3. The van der Waals surface area contributed by atoms with Crippen LogP contribution in [0, 0.1) is 0 Å². The molecule has 3 rings (SSSR count). The number of imidazole rings is 1. The van der Waals surface area contributed by atoms with Crippen LogP contribution in [0.3, 0.4) is 0 Å². The van der Waals surface area contributed by atoms with Gasteiger partial charge in [-0.3, -0.25) is 0 Å². The predicted octanol–water partition coefficient (Wildman–Crippen LogP) is 2.71. The van der Waals surface area contributed by atoms with Gasteiger partial charge < -0.3 is 20.1 Å². The summed E-state index contributed by atoms with van der Waals surface area (Å²) >= 11 is 0. The van der Waals surface area contributed by atoms with Crippen LogP contribution in [-0.4, -0.2) is 34.7 Å². The number of nitrogens with one attached hydrogen (secondary N) is 2. The quantitative estimate of drug-likeness (QED) is 0.717. The van der Waals surface area contributed by atoms with Crippen molar-refractivity contribution in [3.05, 3.63) is 72.4 Å². The minimum Gasteiger partial charge on any atom is -0.363 e. The number of carbonyl (C=O) groups excluding carboxylic acids is 1. The van der Waals surface area contributed by atoms with Crippen LogP contribution in [0.15, 0.2) is 61.3 Å². The molecular formula is C19H22N6O. The van der Waals surface area contributed by atoms with E-state index in [1.54, 1.807) is 18.7 Å². The van der Waals surface area contributed by atoms with Crippen molar-refractivity contribution in [1.29, 1.82) is 0 Å². The van der Waals surface area contributed by atoms with Crippen LogP contribution in [0.25, 0.3) is 0 Å². The van der Waals surface area contributed by atoms with Gasteiger partial charge in [-0.05, 0) is 23.3 Å². The Morgan fingerprint density at radius 1 is 1.19 bits per heavy atom. The van der Waals surface area contributed by atoms with Crippen LogP contribution >= 0.6 is 0 Å². The highest BCUT2D eigenvalue weighted by molar-refractivity contribution is 5.89. The Labute approximate surface area is 152 Å². The van der Waals surface area contributed by atoms with E-state index in [1.165, 1.54) is 0 Å². The lowest BCUT2D eigenvalue weighted by molar-refractivity contribution is 0.251. The molecule has 0 bridgehead atoms. The smallest absolute Gasteiger partial charge is 0.319 e. The summed E-state index contributed by atoms with van der Waals surface area (Å²) in [4.78, 5) is 22.3. The lowest BCUT2D eigenvalue weighted by atomic mass is 10.1.